The summed E-state index contributed by atoms with van der Waals surface area (Å²) in [6.45, 7) is 6.37. The number of amides is 2. The Hall–Kier alpha value is -1.86. The van der Waals surface area contributed by atoms with Crippen LogP contribution in [0, 0.1) is 0 Å². The van der Waals surface area contributed by atoms with Gasteiger partial charge in [-0.1, -0.05) is 13.0 Å². The van der Waals surface area contributed by atoms with Gasteiger partial charge in [-0.3, -0.25) is 0 Å². The summed E-state index contributed by atoms with van der Waals surface area (Å²) in [4.78, 5) is 20.8. The summed E-state index contributed by atoms with van der Waals surface area (Å²) in [7, 11) is 2.13. The summed E-state index contributed by atoms with van der Waals surface area (Å²) in [5.41, 5.74) is 0.954. The molecule has 1 saturated heterocycles. The quantitative estimate of drug-likeness (QED) is 0.707. The number of pyridine rings is 1. The van der Waals surface area contributed by atoms with Gasteiger partial charge >= 0.3 is 6.03 Å². The van der Waals surface area contributed by atoms with Gasteiger partial charge in [-0.05, 0) is 25.1 Å². The number of hydrogen-bond acceptors (Lipinski definition) is 5. The van der Waals surface area contributed by atoms with E-state index in [1.807, 2.05) is 19.1 Å². The molecular formula is C16H27N5O2. The van der Waals surface area contributed by atoms with Crippen molar-refractivity contribution in [3.63, 3.8) is 0 Å². The van der Waals surface area contributed by atoms with Gasteiger partial charge in [-0.15, -0.1) is 0 Å². The largest absolute Gasteiger partial charge is 0.394 e. The van der Waals surface area contributed by atoms with Crippen LogP contribution in [0.15, 0.2) is 18.3 Å². The second kappa shape index (κ2) is 8.69. The maximum Gasteiger partial charge on any atom is 0.315 e. The van der Waals surface area contributed by atoms with E-state index < -0.39 is 0 Å². The third kappa shape index (κ3) is 5.37. The second-order valence-electron chi connectivity index (χ2n) is 5.93. The SMILES string of the molecule is CC[C@@H](CO)NC(=O)NCc1ccc(N2CCN(C)CC2)nc1. The number of hydrogen-bond donors (Lipinski definition) is 3. The van der Waals surface area contributed by atoms with Crippen LogP contribution < -0.4 is 15.5 Å². The van der Waals surface area contributed by atoms with Crippen molar-refractivity contribution in [2.75, 3.05) is 44.7 Å². The average molecular weight is 321 g/mol. The Morgan fingerprint density at radius 1 is 1.35 bits per heavy atom. The van der Waals surface area contributed by atoms with Crippen molar-refractivity contribution in [2.24, 2.45) is 0 Å². The molecule has 2 amide bonds. The van der Waals surface area contributed by atoms with Crippen LogP contribution in [0.4, 0.5) is 10.6 Å². The van der Waals surface area contributed by atoms with Crippen LogP contribution in [0.3, 0.4) is 0 Å². The molecule has 1 aromatic rings. The predicted octanol–water partition coefficient (Wildman–Crippen LogP) is 0.404. The van der Waals surface area contributed by atoms with E-state index in [9.17, 15) is 4.79 Å². The molecule has 0 saturated carbocycles. The summed E-state index contributed by atoms with van der Waals surface area (Å²) in [5.74, 6) is 0.984. The van der Waals surface area contributed by atoms with E-state index in [4.69, 9.17) is 5.11 Å². The molecule has 128 valence electrons. The Morgan fingerprint density at radius 3 is 2.65 bits per heavy atom. The molecule has 1 aliphatic heterocycles. The van der Waals surface area contributed by atoms with Gasteiger partial charge in [0.05, 0.1) is 12.6 Å². The molecule has 0 unspecified atom stereocenters. The summed E-state index contributed by atoms with van der Waals surface area (Å²) in [6.07, 6.45) is 2.50. The minimum Gasteiger partial charge on any atom is -0.394 e. The van der Waals surface area contributed by atoms with Gasteiger partial charge in [0.2, 0.25) is 0 Å². The zero-order valence-electron chi connectivity index (χ0n) is 14.0. The van der Waals surface area contributed by atoms with Crippen molar-refractivity contribution in [2.45, 2.75) is 25.9 Å². The average Bonchev–Trinajstić information content (AvgIpc) is 2.59. The molecule has 2 heterocycles. The smallest absolute Gasteiger partial charge is 0.315 e. The monoisotopic (exact) mass is 321 g/mol. The van der Waals surface area contributed by atoms with E-state index >= 15 is 0 Å². The normalized spacial score (nSPS) is 16.9. The summed E-state index contributed by atoms with van der Waals surface area (Å²) < 4.78 is 0. The first kappa shape index (κ1) is 17.5. The molecule has 1 fully saturated rings. The molecular weight excluding hydrogens is 294 g/mol. The first-order chi connectivity index (χ1) is 11.1. The molecule has 1 aromatic heterocycles. The molecule has 2 rings (SSSR count). The predicted molar refractivity (Wildman–Crippen MR) is 90.5 cm³/mol. The van der Waals surface area contributed by atoms with Gasteiger partial charge in [0.15, 0.2) is 0 Å². The van der Waals surface area contributed by atoms with Crippen molar-refractivity contribution >= 4 is 11.8 Å². The number of nitrogens with one attached hydrogen (secondary N) is 2. The number of aliphatic hydroxyl groups is 1. The van der Waals surface area contributed by atoms with Crippen LogP contribution >= 0.6 is 0 Å². The molecule has 23 heavy (non-hydrogen) atoms. The molecule has 0 aromatic carbocycles. The Labute approximate surface area is 137 Å². The summed E-state index contributed by atoms with van der Waals surface area (Å²) in [5, 5.41) is 14.6. The maximum atomic E-state index is 11.7. The molecule has 0 bridgehead atoms. The van der Waals surface area contributed by atoms with E-state index in [-0.39, 0.29) is 18.7 Å². The number of nitrogens with zero attached hydrogens (tertiary/aromatic N) is 3. The van der Waals surface area contributed by atoms with Crippen molar-refractivity contribution in [1.29, 1.82) is 0 Å². The minimum absolute atomic E-state index is 0.0504. The van der Waals surface area contributed by atoms with Gasteiger partial charge in [0.25, 0.3) is 0 Å². The van der Waals surface area contributed by atoms with Crippen molar-refractivity contribution < 1.29 is 9.90 Å². The third-order valence-corrected chi connectivity index (χ3v) is 4.14. The van der Waals surface area contributed by atoms with Crippen molar-refractivity contribution in [3.05, 3.63) is 23.9 Å². The lowest BCUT2D eigenvalue weighted by Gasteiger charge is -2.33. The molecule has 7 heteroatoms. The molecule has 3 N–H and O–H groups in total. The van der Waals surface area contributed by atoms with Gasteiger partial charge in [0.1, 0.15) is 5.82 Å². The fraction of sp³-hybridized carbons (Fsp3) is 0.625. The fourth-order valence-electron chi connectivity index (χ4n) is 2.44. The summed E-state index contributed by atoms with van der Waals surface area (Å²) >= 11 is 0. The molecule has 1 aliphatic rings. The first-order valence-electron chi connectivity index (χ1n) is 8.16. The Morgan fingerprint density at radius 2 is 2.09 bits per heavy atom. The highest BCUT2D eigenvalue weighted by Gasteiger charge is 2.15. The maximum absolute atomic E-state index is 11.7. The van der Waals surface area contributed by atoms with Crippen LogP contribution in [0.2, 0.25) is 0 Å². The Kier molecular flexibility index (Phi) is 6.61. The lowest BCUT2D eigenvalue weighted by molar-refractivity contribution is 0.214. The number of rotatable bonds is 6. The van der Waals surface area contributed by atoms with Crippen molar-refractivity contribution in [1.82, 2.24) is 20.5 Å². The Balaban J connectivity index is 1.80. The highest BCUT2D eigenvalue weighted by atomic mass is 16.3. The number of aliphatic hydroxyl groups excluding tert-OH is 1. The number of carbonyl (C=O) groups is 1. The minimum atomic E-state index is -0.269. The number of piperazine rings is 1. The number of likely N-dealkylation sites (N-methyl/N-ethyl adjacent to an activating group) is 1. The zero-order chi connectivity index (χ0) is 16.7. The molecule has 0 spiro atoms. The fourth-order valence-corrected chi connectivity index (χ4v) is 2.44. The lowest BCUT2D eigenvalue weighted by Crippen LogP contribution is -2.44. The molecule has 7 nitrogen and oxygen atoms in total. The second-order valence-corrected chi connectivity index (χ2v) is 5.93. The van der Waals surface area contributed by atoms with Gasteiger partial charge in [-0.2, -0.15) is 0 Å². The lowest BCUT2D eigenvalue weighted by atomic mass is 10.2. The van der Waals surface area contributed by atoms with E-state index in [2.05, 4.69) is 32.5 Å². The summed E-state index contributed by atoms with van der Waals surface area (Å²) in [6, 6.07) is 3.52. The number of urea groups is 1. The van der Waals surface area contributed by atoms with Crippen molar-refractivity contribution in [3.8, 4) is 0 Å². The van der Waals surface area contributed by atoms with Gasteiger partial charge in [-0.25, -0.2) is 9.78 Å². The Bertz CT molecular complexity index is 482. The number of carbonyl (C=O) groups excluding carboxylic acids is 1. The van der Waals surface area contributed by atoms with Crippen LogP contribution in [0.5, 0.6) is 0 Å². The van der Waals surface area contributed by atoms with Crippen LogP contribution in [0.25, 0.3) is 0 Å². The zero-order valence-corrected chi connectivity index (χ0v) is 14.0. The molecule has 1 atom stereocenters. The molecule has 0 aliphatic carbocycles. The van der Waals surface area contributed by atoms with Crippen LogP contribution in [0.1, 0.15) is 18.9 Å². The van der Waals surface area contributed by atoms with Gasteiger partial charge < -0.3 is 25.5 Å². The number of aromatic nitrogens is 1. The van der Waals surface area contributed by atoms with Crippen LogP contribution in [-0.4, -0.2) is 66.9 Å². The topological polar surface area (TPSA) is 80.7 Å². The van der Waals surface area contributed by atoms with Gasteiger partial charge in [0, 0.05) is 38.9 Å². The van der Waals surface area contributed by atoms with E-state index in [1.165, 1.54) is 0 Å². The van der Waals surface area contributed by atoms with E-state index in [1.54, 1.807) is 6.20 Å². The van der Waals surface area contributed by atoms with E-state index in [0.717, 1.165) is 37.6 Å². The van der Waals surface area contributed by atoms with E-state index in [0.29, 0.717) is 13.0 Å². The third-order valence-electron chi connectivity index (χ3n) is 4.14. The highest BCUT2D eigenvalue weighted by molar-refractivity contribution is 5.74. The van der Waals surface area contributed by atoms with Crippen LogP contribution in [-0.2, 0) is 6.54 Å². The highest BCUT2D eigenvalue weighted by Crippen LogP contribution is 2.13. The standard InChI is InChI=1S/C16H27N5O2/c1-3-14(12-22)19-16(23)18-11-13-4-5-15(17-10-13)21-8-6-20(2)7-9-21/h4-5,10,14,22H,3,6-9,11-12H2,1-2H3,(H2,18,19,23)/t14-/m0/s1. The number of anilines is 1. The molecule has 0 radical (unpaired) electrons. The first-order valence-corrected chi connectivity index (χ1v) is 8.16.